The van der Waals surface area contributed by atoms with E-state index in [1.54, 1.807) is 0 Å². The van der Waals surface area contributed by atoms with Gasteiger partial charge in [-0.05, 0) is 12.0 Å². The van der Waals surface area contributed by atoms with Gasteiger partial charge in [0.15, 0.2) is 0 Å². The summed E-state index contributed by atoms with van der Waals surface area (Å²) < 4.78 is 4.65. The fourth-order valence-electron chi connectivity index (χ4n) is 1.18. The second-order valence-electron chi connectivity index (χ2n) is 3.04. The molecule has 2 nitrogen and oxygen atoms in total. The Morgan fingerprint density at radius 1 is 1.40 bits per heavy atom. The number of carbonyl (C=O) groups excluding carboxylic acids is 1. The summed E-state index contributed by atoms with van der Waals surface area (Å²) in [5.74, 6) is -0.275. The van der Waals surface area contributed by atoms with Gasteiger partial charge in [0.05, 0.1) is 7.11 Å². The van der Waals surface area contributed by atoms with E-state index in [-0.39, 0.29) is 5.97 Å². The Balaban J connectivity index is 2.67. The SMILES string of the molecule is COC(=O)C(=CCc1ccccc1)CBr. The van der Waals surface area contributed by atoms with Gasteiger partial charge in [0.1, 0.15) is 0 Å². The Morgan fingerprint density at radius 2 is 2.07 bits per heavy atom. The molecule has 0 aliphatic rings. The summed E-state index contributed by atoms with van der Waals surface area (Å²) in [5, 5.41) is 0.520. The third-order valence-corrected chi connectivity index (χ3v) is 2.62. The first-order valence-corrected chi connectivity index (χ1v) is 5.77. The van der Waals surface area contributed by atoms with Gasteiger partial charge < -0.3 is 4.74 Å². The van der Waals surface area contributed by atoms with Crippen LogP contribution < -0.4 is 0 Å². The molecule has 0 amide bonds. The molecule has 15 heavy (non-hydrogen) atoms. The van der Waals surface area contributed by atoms with Crippen LogP contribution in [0.2, 0.25) is 0 Å². The van der Waals surface area contributed by atoms with Crippen molar-refractivity contribution in [2.24, 2.45) is 0 Å². The van der Waals surface area contributed by atoms with Crippen molar-refractivity contribution >= 4 is 21.9 Å². The van der Waals surface area contributed by atoms with E-state index in [9.17, 15) is 4.79 Å². The molecular weight excluding hydrogens is 256 g/mol. The minimum atomic E-state index is -0.275. The molecule has 0 radical (unpaired) electrons. The molecule has 0 fully saturated rings. The first kappa shape index (κ1) is 12.0. The van der Waals surface area contributed by atoms with Crippen molar-refractivity contribution in [3.63, 3.8) is 0 Å². The number of esters is 1. The fraction of sp³-hybridized carbons (Fsp3) is 0.250. The Kier molecular flexibility index (Phi) is 5.12. The minimum Gasteiger partial charge on any atom is -0.466 e. The van der Waals surface area contributed by atoms with Gasteiger partial charge in [-0.25, -0.2) is 4.79 Å². The number of hydrogen-bond acceptors (Lipinski definition) is 2. The highest BCUT2D eigenvalue weighted by molar-refractivity contribution is 9.09. The van der Waals surface area contributed by atoms with Gasteiger partial charge in [-0.15, -0.1) is 0 Å². The summed E-state index contributed by atoms with van der Waals surface area (Å²) in [5.41, 5.74) is 1.83. The first-order chi connectivity index (χ1) is 7.27. The van der Waals surface area contributed by atoms with Gasteiger partial charge in [0.2, 0.25) is 0 Å². The Bertz CT molecular complexity index is 344. The highest BCUT2D eigenvalue weighted by Gasteiger charge is 2.06. The van der Waals surface area contributed by atoms with Gasteiger partial charge >= 0.3 is 5.97 Å². The van der Waals surface area contributed by atoms with Crippen LogP contribution in [-0.2, 0) is 16.0 Å². The summed E-state index contributed by atoms with van der Waals surface area (Å²) in [6.07, 6.45) is 2.63. The molecule has 80 valence electrons. The maximum Gasteiger partial charge on any atom is 0.334 e. The molecule has 0 heterocycles. The van der Waals surface area contributed by atoms with Crippen LogP contribution in [0.25, 0.3) is 0 Å². The number of hydrogen-bond donors (Lipinski definition) is 0. The maximum atomic E-state index is 11.2. The number of halogens is 1. The summed E-state index contributed by atoms with van der Waals surface area (Å²) in [4.78, 5) is 11.2. The van der Waals surface area contributed by atoms with Crippen LogP contribution >= 0.6 is 15.9 Å². The molecule has 0 unspecified atom stereocenters. The minimum absolute atomic E-state index is 0.275. The Labute approximate surface area is 98.1 Å². The highest BCUT2D eigenvalue weighted by Crippen LogP contribution is 2.06. The standard InChI is InChI=1S/C12H13BrO2/c1-15-12(14)11(9-13)8-7-10-5-3-2-4-6-10/h2-6,8H,7,9H2,1H3. The van der Waals surface area contributed by atoms with Crippen LogP contribution in [0.1, 0.15) is 5.56 Å². The highest BCUT2D eigenvalue weighted by atomic mass is 79.9. The fourth-order valence-corrected chi connectivity index (χ4v) is 1.64. The van der Waals surface area contributed by atoms with Crippen LogP contribution in [0.5, 0.6) is 0 Å². The molecule has 1 aromatic carbocycles. The second-order valence-corrected chi connectivity index (χ2v) is 3.61. The zero-order valence-corrected chi connectivity index (χ0v) is 10.2. The van der Waals surface area contributed by atoms with Crippen molar-refractivity contribution in [1.82, 2.24) is 0 Å². The van der Waals surface area contributed by atoms with Gasteiger partial charge in [-0.3, -0.25) is 0 Å². The third kappa shape index (κ3) is 3.88. The first-order valence-electron chi connectivity index (χ1n) is 4.65. The van der Waals surface area contributed by atoms with Crippen molar-refractivity contribution < 1.29 is 9.53 Å². The zero-order chi connectivity index (χ0) is 11.1. The lowest BCUT2D eigenvalue weighted by Crippen LogP contribution is -2.06. The van der Waals surface area contributed by atoms with Crippen molar-refractivity contribution in [3.05, 3.63) is 47.5 Å². The lowest BCUT2D eigenvalue weighted by atomic mass is 10.1. The average Bonchev–Trinajstić information content (AvgIpc) is 2.31. The van der Waals surface area contributed by atoms with Gasteiger partial charge in [0.25, 0.3) is 0 Å². The number of allylic oxidation sites excluding steroid dienone is 1. The molecule has 0 N–H and O–H groups in total. The molecule has 0 bridgehead atoms. The average molecular weight is 269 g/mol. The predicted molar refractivity (Wildman–Crippen MR) is 64.0 cm³/mol. The van der Waals surface area contributed by atoms with Crippen molar-refractivity contribution in [1.29, 1.82) is 0 Å². The van der Waals surface area contributed by atoms with Gasteiger partial charge in [-0.1, -0.05) is 52.3 Å². The van der Waals surface area contributed by atoms with Crippen LogP contribution in [0.4, 0.5) is 0 Å². The molecule has 0 aliphatic heterocycles. The molecule has 0 aliphatic carbocycles. The predicted octanol–water partition coefficient (Wildman–Crippen LogP) is 2.72. The Hall–Kier alpha value is -1.09. The number of benzene rings is 1. The van der Waals surface area contributed by atoms with Crippen molar-refractivity contribution in [2.75, 3.05) is 12.4 Å². The van der Waals surface area contributed by atoms with E-state index in [1.807, 2.05) is 36.4 Å². The molecule has 0 spiro atoms. The molecule has 1 rings (SSSR count). The summed E-state index contributed by atoms with van der Waals surface area (Å²) in [6, 6.07) is 9.99. The van der Waals surface area contributed by atoms with E-state index in [0.717, 1.165) is 6.42 Å². The molecule has 0 saturated carbocycles. The summed E-state index contributed by atoms with van der Waals surface area (Å²) in [6.45, 7) is 0. The topological polar surface area (TPSA) is 26.3 Å². The molecule has 3 heteroatoms. The lowest BCUT2D eigenvalue weighted by molar-refractivity contribution is -0.135. The Morgan fingerprint density at radius 3 is 2.60 bits per heavy atom. The summed E-state index contributed by atoms with van der Waals surface area (Å²) in [7, 11) is 1.39. The normalized spacial score (nSPS) is 11.2. The summed E-state index contributed by atoms with van der Waals surface area (Å²) >= 11 is 3.26. The smallest absolute Gasteiger partial charge is 0.334 e. The molecular formula is C12H13BrO2. The monoisotopic (exact) mass is 268 g/mol. The van der Waals surface area contributed by atoms with Crippen LogP contribution in [0.3, 0.4) is 0 Å². The zero-order valence-electron chi connectivity index (χ0n) is 8.57. The lowest BCUT2D eigenvalue weighted by Gasteiger charge is -2.01. The number of ether oxygens (including phenoxy) is 1. The van der Waals surface area contributed by atoms with Crippen LogP contribution in [0, 0.1) is 0 Å². The largest absolute Gasteiger partial charge is 0.466 e. The van der Waals surface area contributed by atoms with E-state index in [0.29, 0.717) is 10.9 Å². The molecule has 0 saturated heterocycles. The molecule has 1 aromatic rings. The van der Waals surface area contributed by atoms with Gasteiger partial charge in [-0.2, -0.15) is 0 Å². The van der Waals surface area contributed by atoms with Crippen molar-refractivity contribution in [2.45, 2.75) is 6.42 Å². The van der Waals surface area contributed by atoms with Crippen molar-refractivity contribution in [3.8, 4) is 0 Å². The van der Waals surface area contributed by atoms with Gasteiger partial charge in [0, 0.05) is 10.9 Å². The van der Waals surface area contributed by atoms with E-state index in [4.69, 9.17) is 0 Å². The molecule has 0 atom stereocenters. The third-order valence-electron chi connectivity index (χ3n) is 2.02. The van der Waals surface area contributed by atoms with E-state index in [1.165, 1.54) is 12.7 Å². The van der Waals surface area contributed by atoms with Crippen LogP contribution in [0.15, 0.2) is 42.0 Å². The van der Waals surface area contributed by atoms with E-state index >= 15 is 0 Å². The van der Waals surface area contributed by atoms with Crippen LogP contribution in [-0.4, -0.2) is 18.4 Å². The maximum absolute atomic E-state index is 11.2. The number of rotatable bonds is 4. The second kappa shape index (κ2) is 6.40. The number of methoxy groups -OCH3 is 1. The van der Waals surface area contributed by atoms with E-state index in [2.05, 4.69) is 20.7 Å². The van der Waals surface area contributed by atoms with E-state index < -0.39 is 0 Å². The number of alkyl halides is 1. The molecule has 0 aromatic heterocycles. The number of carbonyl (C=O) groups is 1. The quantitative estimate of drug-likeness (QED) is 0.477.